The normalized spacial score (nSPS) is 11.1. The Bertz CT molecular complexity index is 475. The third kappa shape index (κ3) is 3.20. The monoisotopic (exact) mass is 258 g/mol. The van der Waals surface area contributed by atoms with E-state index in [4.69, 9.17) is 18.0 Å². The molecule has 6 heteroatoms. The van der Waals surface area contributed by atoms with Gasteiger partial charge in [-0.15, -0.1) is 0 Å². The van der Waals surface area contributed by atoms with Gasteiger partial charge in [0.05, 0.1) is 10.5 Å². The second kappa shape index (κ2) is 4.75. The molecule has 92 valence electrons. The Balaban J connectivity index is 2.91. The lowest BCUT2D eigenvalue weighted by Gasteiger charge is -2.24. The molecular formula is C11H12F2N2OS. The number of nitrogens with one attached hydrogen (secondary N) is 1. The summed E-state index contributed by atoms with van der Waals surface area (Å²) in [5, 5.41) is 2.52. The van der Waals surface area contributed by atoms with Crippen molar-refractivity contribution in [2.75, 3.05) is 0 Å². The number of thiocarbonyl (C=S) groups is 1. The van der Waals surface area contributed by atoms with Crippen LogP contribution in [0.1, 0.15) is 24.2 Å². The molecule has 0 heterocycles. The van der Waals surface area contributed by atoms with E-state index in [0.29, 0.717) is 0 Å². The summed E-state index contributed by atoms with van der Waals surface area (Å²) in [6.07, 6.45) is 0. The maximum absolute atomic E-state index is 12.9. The van der Waals surface area contributed by atoms with Gasteiger partial charge in [-0.25, -0.2) is 8.78 Å². The number of halogens is 2. The molecule has 1 aromatic rings. The zero-order valence-corrected chi connectivity index (χ0v) is 10.2. The van der Waals surface area contributed by atoms with Crippen LogP contribution in [0.15, 0.2) is 18.2 Å². The van der Waals surface area contributed by atoms with Crippen molar-refractivity contribution in [3.05, 3.63) is 35.4 Å². The molecule has 0 atom stereocenters. The predicted octanol–water partition coefficient (Wildman–Crippen LogP) is 1.76. The molecule has 0 aliphatic carbocycles. The van der Waals surface area contributed by atoms with E-state index in [9.17, 15) is 13.6 Å². The van der Waals surface area contributed by atoms with E-state index in [1.165, 1.54) is 6.07 Å². The van der Waals surface area contributed by atoms with E-state index in [1.54, 1.807) is 13.8 Å². The van der Waals surface area contributed by atoms with E-state index in [2.05, 4.69) is 5.32 Å². The largest absolute Gasteiger partial charge is 0.391 e. The SMILES string of the molecule is CC(C)(NC(=O)c1ccc(F)c(F)c1)C(N)=S. The van der Waals surface area contributed by atoms with Gasteiger partial charge in [0, 0.05) is 5.56 Å². The number of rotatable bonds is 3. The molecule has 0 saturated carbocycles. The highest BCUT2D eigenvalue weighted by atomic mass is 32.1. The smallest absolute Gasteiger partial charge is 0.252 e. The maximum atomic E-state index is 12.9. The zero-order chi connectivity index (χ0) is 13.2. The molecule has 0 fully saturated rings. The topological polar surface area (TPSA) is 55.1 Å². The highest BCUT2D eigenvalue weighted by molar-refractivity contribution is 7.80. The highest BCUT2D eigenvalue weighted by Crippen LogP contribution is 2.10. The minimum Gasteiger partial charge on any atom is -0.391 e. The number of benzene rings is 1. The summed E-state index contributed by atoms with van der Waals surface area (Å²) in [6, 6.07) is 2.89. The van der Waals surface area contributed by atoms with Crippen molar-refractivity contribution < 1.29 is 13.6 Å². The average Bonchev–Trinajstić information content (AvgIpc) is 2.21. The van der Waals surface area contributed by atoms with Crippen LogP contribution in [0.5, 0.6) is 0 Å². The van der Waals surface area contributed by atoms with Crippen LogP contribution in [0.3, 0.4) is 0 Å². The summed E-state index contributed by atoms with van der Waals surface area (Å²) >= 11 is 4.78. The molecule has 0 radical (unpaired) electrons. The Morgan fingerprint density at radius 1 is 1.35 bits per heavy atom. The summed E-state index contributed by atoms with van der Waals surface area (Å²) in [6.45, 7) is 3.24. The van der Waals surface area contributed by atoms with Gasteiger partial charge in [-0.2, -0.15) is 0 Å². The molecule has 0 aliphatic rings. The van der Waals surface area contributed by atoms with Crippen LogP contribution in [-0.4, -0.2) is 16.4 Å². The summed E-state index contributed by atoms with van der Waals surface area (Å²) in [4.78, 5) is 11.8. The van der Waals surface area contributed by atoms with E-state index in [1.807, 2.05) is 0 Å². The molecule has 0 bridgehead atoms. The van der Waals surface area contributed by atoms with Gasteiger partial charge in [0.15, 0.2) is 11.6 Å². The van der Waals surface area contributed by atoms with Gasteiger partial charge < -0.3 is 11.1 Å². The summed E-state index contributed by atoms with van der Waals surface area (Å²) in [5.74, 6) is -2.65. The van der Waals surface area contributed by atoms with Crippen LogP contribution < -0.4 is 11.1 Å². The lowest BCUT2D eigenvalue weighted by atomic mass is 10.0. The second-order valence-corrected chi connectivity index (χ2v) is 4.51. The fourth-order valence-electron chi connectivity index (χ4n) is 1.05. The molecule has 0 aliphatic heterocycles. The van der Waals surface area contributed by atoms with Crippen molar-refractivity contribution in [3.63, 3.8) is 0 Å². The number of carbonyl (C=O) groups excluding carboxylic acids is 1. The molecule has 1 rings (SSSR count). The zero-order valence-electron chi connectivity index (χ0n) is 9.38. The Kier molecular flexibility index (Phi) is 3.77. The van der Waals surface area contributed by atoms with Gasteiger partial charge in [-0.3, -0.25) is 4.79 Å². The first-order valence-corrected chi connectivity index (χ1v) is 5.22. The Morgan fingerprint density at radius 3 is 2.41 bits per heavy atom. The van der Waals surface area contributed by atoms with E-state index < -0.39 is 23.1 Å². The Labute approximate surface area is 103 Å². The van der Waals surface area contributed by atoms with Crippen LogP contribution in [0, 0.1) is 11.6 Å². The first kappa shape index (κ1) is 13.5. The lowest BCUT2D eigenvalue weighted by molar-refractivity contribution is 0.0931. The first-order valence-electron chi connectivity index (χ1n) is 4.81. The van der Waals surface area contributed by atoms with Gasteiger partial charge in [0.1, 0.15) is 0 Å². The van der Waals surface area contributed by atoms with Crippen molar-refractivity contribution in [1.29, 1.82) is 0 Å². The van der Waals surface area contributed by atoms with Gasteiger partial charge in [-0.1, -0.05) is 12.2 Å². The van der Waals surface area contributed by atoms with Crippen molar-refractivity contribution in [3.8, 4) is 0 Å². The van der Waals surface area contributed by atoms with Crippen LogP contribution in [0.2, 0.25) is 0 Å². The third-order valence-corrected chi connectivity index (χ3v) is 2.73. The minimum atomic E-state index is -1.08. The van der Waals surface area contributed by atoms with E-state index in [0.717, 1.165) is 12.1 Å². The van der Waals surface area contributed by atoms with Gasteiger partial charge >= 0.3 is 0 Å². The first-order chi connectivity index (χ1) is 7.74. The summed E-state index contributed by atoms with van der Waals surface area (Å²) in [5.41, 5.74) is 4.55. The molecule has 0 unspecified atom stereocenters. The molecule has 3 nitrogen and oxygen atoms in total. The Hall–Kier alpha value is -1.56. The maximum Gasteiger partial charge on any atom is 0.252 e. The number of nitrogens with two attached hydrogens (primary N) is 1. The summed E-state index contributed by atoms with van der Waals surface area (Å²) in [7, 11) is 0. The number of amides is 1. The van der Waals surface area contributed by atoms with Crippen LogP contribution >= 0.6 is 12.2 Å². The fourth-order valence-corrected chi connectivity index (χ4v) is 1.11. The van der Waals surface area contributed by atoms with Crippen LogP contribution in [0.25, 0.3) is 0 Å². The van der Waals surface area contributed by atoms with Crippen LogP contribution in [0.4, 0.5) is 8.78 Å². The van der Waals surface area contributed by atoms with E-state index in [-0.39, 0.29) is 10.6 Å². The average molecular weight is 258 g/mol. The molecule has 0 spiro atoms. The lowest BCUT2D eigenvalue weighted by Crippen LogP contribution is -2.52. The van der Waals surface area contributed by atoms with Gasteiger partial charge in [-0.05, 0) is 32.0 Å². The van der Waals surface area contributed by atoms with Crippen molar-refractivity contribution in [1.82, 2.24) is 5.32 Å². The number of hydrogen-bond acceptors (Lipinski definition) is 2. The molecular weight excluding hydrogens is 246 g/mol. The highest BCUT2D eigenvalue weighted by Gasteiger charge is 2.24. The van der Waals surface area contributed by atoms with Crippen molar-refractivity contribution in [2.45, 2.75) is 19.4 Å². The summed E-state index contributed by atoms with van der Waals surface area (Å²) < 4.78 is 25.6. The van der Waals surface area contributed by atoms with E-state index >= 15 is 0 Å². The second-order valence-electron chi connectivity index (χ2n) is 4.07. The predicted molar refractivity (Wildman–Crippen MR) is 64.7 cm³/mol. The fraction of sp³-hybridized carbons (Fsp3) is 0.273. The Morgan fingerprint density at radius 2 is 1.94 bits per heavy atom. The molecule has 17 heavy (non-hydrogen) atoms. The molecule has 1 aromatic carbocycles. The van der Waals surface area contributed by atoms with Gasteiger partial charge in [0.2, 0.25) is 0 Å². The number of carbonyl (C=O) groups is 1. The molecule has 1 amide bonds. The third-order valence-electron chi connectivity index (χ3n) is 2.22. The van der Waals surface area contributed by atoms with Gasteiger partial charge in [0.25, 0.3) is 5.91 Å². The van der Waals surface area contributed by atoms with Crippen molar-refractivity contribution in [2.24, 2.45) is 5.73 Å². The molecule has 0 saturated heterocycles. The molecule has 0 aromatic heterocycles. The van der Waals surface area contributed by atoms with Crippen LogP contribution in [-0.2, 0) is 0 Å². The standard InChI is InChI=1S/C11H12F2N2OS/c1-11(2,10(14)17)15-9(16)6-3-4-7(12)8(13)5-6/h3-5H,1-2H3,(H2,14,17)(H,15,16). The quantitative estimate of drug-likeness (QED) is 0.812. The minimum absolute atomic E-state index is 0.00762. The van der Waals surface area contributed by atoms with Crippen molar-refractivity contribution >= 4 is 23.1 Å². The molecule has 3 N–H and O–H groups in total. The number of hydrogen-bond donors (Lipinski definition) is 2.